The van der Waals surface area contributed by atoms with Crippen molar-refractivity contribution >= 4 is 11.8 Å². The lowest BCUT2D eigenvalue weighted by atomic mass is 10.1. The zero-order valence-electron chi connectivity index (χ0n) is 33.0. The van der Waals surface area contributed by atoms with Gasteiger partial charge in [0.25, 0.3) is 0 Å². The maximum atomic E-state index is 12.9. The molecule has 0 fully saturated rings. The summed E-state index contributed by atoms with van der Waals surface area (Å²) in [5.74, 6) is -0.131. The number of aliphatic hydroxyl groups is 3. The van der Waals surface area contributed by atoms with Crippen LogP contribution in [0.2, 0.25) is 0 Å². The maximum absolute atomic E-state index is 12.9. The number of nitrogens with zero attached hydrogens (tertiary/aromatic N) is 2. The third-order valence-corrected chi connectivity index (χ3v) is 9.61. The Morgan fingerprint density at radius 1 is 0.460 bits per heavy atom. The molecule has 0 aliphatic heterocycles. The average molecular weight is 707 g/mol. The summed E-state index contributed by atoms with van der Waals surface area (Å²) in [5.41, 5.74) is 0. The van der Waals surface area contributed by atoms with Gasteiger partial charge in [-0.1, -0.05) is 141 Å². The highest BCUT2D eigenvalue weighted by Crippen LogP contribution is 2.13. The van der Waals surface area contributed by atoms with Crippen molar-refractivity contribution in [3.05, 3.63) is 24.3 Å². The third kappa shape index (κ3) is 32.2. The van der Waals surface area contributed by atoms with Crippen LogP contribution in [0, 0.1) is 0 Å². The molecule has 0 aromatic carbocycles. The van der Waals surface area contributed by atoms with E-state index in [0.29, 0.717) is 12.8 Å². The number of carbonyl (C=O) groups excluding carboxylic acids is 2. The van der Waals surface area contributed by atoms with E-state index in [2.05, 4.69) is 38.2 Å². The number of hydrogen-bond acceptors (Lipinski definition) is 5. The van der Waals surface area contributed by atoms with Crippen molar-refractivity contribution in [2.75, 3.05) is 39.4 Å². The summed E-state index contributed by atoms with van der Waals surface area (Å²) in [4.78, 5) is 28.8. The van der Waals surface area contributed by atoms with Gasteiger partial charge in [-0.3, -0.25) is 9.59 Å². The highest BCUT2D eigenvalue weighted by Gasteiger charge is 2.21. The largest absolute Gasteiger partial charge is 0.395 e. The van der Waals surface area contributed by atoms with Crippen molar-refractivity contribution < 1.29 is 24.9 Å². The van der Waals surface area contributed by atoms with Gasteiger partial charge in [0.15, 0.2) is 0 Å². The Morgan fingerprint density at radius 2 is 0.740 bits per heavy atom. The fourth-order valence-corrected chi connectivity index (χ4v) is 6.45. The zero-order chi connectivity index (χ0) is 36.8. The molecule has 294 valence electrons. The number of unbranched alkanes of at least 4 members (excludes halogenated alkanes) is 22. The molecule has 0 aromatic rings. The van der Waals surface area contributed by atoms with E-state index in [4.69, 9.17) is 0 Å². The second kappa shape index (κ2) is 38.5. The predicted molar refractivity (Wildman–Crippen MR) is 212 cm³/mol. The Bertz CT molecular complexity index is 738. The van der Waals surface area contributed by atoms with Crippen LogP contribution in [-0.4, -0.2) is 82.4 Å². The van der Waals surface area contributed by atoms with E-state index in [1.54, 1.807) is 0 Å². The van der Waals surface area contributed by atoms with E-state index in [9.17, 15) is 24.9 Å². The molecule has 0 atom stereocenters. The topological polar surface area (TPSA) is 101 Å². The number of amides is 2. The van der Waals surface area contributed by atoms with Crippen LogP contribution in [0.1, 0.15) is 194 Å². The van der Waals surface area contributed by atoms with Crippen LogP contribution in [0.25, 0.3) is 0 Å². The summed E-state index contributed by atoms with van der Waals surface area (Å²) in [7, 11) is 0. The molecule has 0 aliphatic rings. The Balaban J connectivity index is 4.13. The lowest BCUT2D eigenvalue weighted by Crippen LogP contribution is -2.46. The number of hydrogen-bond donors (Lipinski definition) is 3. The fourth-order valence-electron chi connectivity index (χ4n) is 6.45. The third-order valence-electron chi connectivity index (χ3n) is 9.61. The van der Waals surface area contributed by atoms with Gasteiger partial charge in [0, 0.05) is 39.0 Å². The SMILES string of the molecule is CCCCCCCC/C=C\CCCCCCCC(=O)N(CCO)CC(O)CN(CCO)C(=O)CCCCCCC/C=C\CCCCCCCC. The molecule has 3 N–H and O–H groups in total. The van der Waals surface area contributed by atoms with Crippen LogP contribution in [0.5, 0.6) is 0 Å². The van der Waals surface area contributed by atoms with Crippen molar-refractivity contribution in [2.24, 2.45) is 0 Å². The van der Waals surface area contributed by atoms with Crippen LogP contribution >= 0.6 is 0 Å². The van der Waals surface area contributed by atoms with Crippen molar-refractivity contribution in [3.63, 3.8) is 0 Å². The molecule has 0 aromatic heterocycles. The molecule has 0 bridgehead atoms. The number of aliphatic hydroxyl groups excluding tert-OH is 3. The van der Waals surface area contributed by atoms with E-state index in [0.717, 1.165) is 51.4 Å². The molecule has 7 nitrogen and oxygen atoms in total. The molecule has 2 amide bonds. The summed E-state index contributed by atoms with van der Waals surface area (Å²) >= 11 is 0. The summed E-state index contributed by atoms with van der Waals surface area (Å²) in [6, 6.07) is 0. The molecule has 0 saturated heterocycles. The van der Waals surface area contributed by atoms with Gasteiger partial charge in [0.2, 0.25) is 11.8 Å². The van der Waals surface area contributed by atoms with Crippen molar-refractivity contribution in [1.29, 1.82) is 0 Å². The number of carbonyl (C=O) groups is 2. The summed E-state index contributed by atoms with van der Waals surface area (Å²) in [6.45, 7) is 4.67. The van der Waals surface area contributed by atoms with E-state index in [1.807, 2.05) is 0 Å². The number of allylic oxidation sites excluding steroid dienone is 4. The van der Waals surface area contributed by atoms with Crippen molar-refractivity contribution in [2.45, 2.75) is 200 Å². The Labute approximate surface area is 309 Å². The first kappa shape index (κ1) is 48.3. The molecule has 7 heteroatoms. The van der Waals surface area contributed by atoms with Gasteiger partial charge >= 0.3 is 0 Å². The molecular weight excluding hydrogens is 624 g/mol. The van der Waals surface area contributed by atoms with Crippen LogP contribution in [0.3, 0.4) is 0 Å². The molecule has 0 spiro atoms. The summed E-state index contributed by atoms with van der Waals surface area (Å²) < 4.78 is 0. The van der Waals surface area contributed by atoms with Crippen LogP contribution in [0.4, 0.5) is 0 Å². The molecule has 0 aliphatic carbocycles. The van der Waals surface area contributed by atoms with Gasteiger partial charge in [-0.25, -0.2) is 0 Å². The van der Waals surface area contributed by atoms with Gasteiger partial charge in [-0.15, -0.1) is 0 Å². The van der Waals surface area contributed by atoms with Gasteiger partial charge in [0.05, 0.1) is 19.3 Å². The average Bonchev–Trinajstić information content (AvgIpc) is 3.11. The number of rotatable bonds is 38. The van der Waals surface area contributed by atoms with E-state index in [-0.39, 0.29) is 51.2 Å². The van der Waals surface area contributed by atoms with Crippen LogP contribution < -0.4 is 0 Å². The first-order valence-corrected chi connectivity index (χ1v) is 21.2. The van der Waals surface area contributed by atoms with Gasteiger partial charge in [-0.05, 0) is 64.2 Å². The van der Waals surface area contributed by atoms with Crippen LogP contribution in [-0.2, 0) is 9.59 Å². The lowest BCUT2D eigenvalue weighted by molar-refractivity contribution is -0.135. The second-order valence-corrected chi connectivity index (χ2v) is 14.4. The molecule has 0 unspecified atom stereocenters. The van der Waals surface area contributed by atoms with E-state index in [1.165, 1.54) is 125 Å². The molecule has 0 rings (SSSR count). The van der Waals surface area contributed by atoms with Crippen molar-refractivity contribution in [3.8, 4) is 0 Å². The minimum Gasteiger partial charge on any atom is -0.395 e. The second-order valence-electron chi connectivity index (χ2n) is 14.4. The van der Waals surface area contributed by atoms with E-state index >= 15 is 0 Å². The van der Waals surface area contributed by atoms with Crippen LogP contribution in [0.15, 0.2) is 24.3 Å². The quantitative estimate of drug-likeness (QED) is 0.0438. The monoisotopic (exact) mass is 707 g/mol. The fraction of sp³-hybridized carbons (Fsp3) is 0.860. The first-order valence-electron chi connectivity index (χ1n) is 21.2. The lowest BCUT2D eigenvalue weighted by Gasteiger charge is -2.29. The molecule has 0 saturated carbocycles. The molecule has 50 heavy (non-hydrogen) atoms. The van der Waals surface area contributed by atoms with Gasteiger partial charge in [0.1, 0.15) is 0 Å². The van der Waals surface area contributed by atoms with E-state index < -0.39 is 6.10 Å². The minimum atomic E-state index is -0.927. The minimum absolute atomic E-state index is 0.0657. The Hall–Kier alpha value is -1.70. The van der Waals surface area contributed by atoms with Gasteiger partial charge in [-0.2, -0.15) is 0 Å². The maximum Gasteiger partial charge on any atom is 0.222 e. The van der Waals surface area contributed by atoms with Gasteiger partial charge < -0.3 is 25.1 Å². The normalized spacial score (nSPS) is 11.8. The standard InChI is InChI=1S/C43H82N2O5/c1-3-5-7-9-11-13-15-17-19-21-23-25-27-29-31-33-42(49)44(35-37-46)39-41(48)40-45(36-38-47)43(50)34-32-30-28-26-24-22-20-18-16-14-12-10-8-6-4-2/h17-20,41,46-48H,3-16,21-40H2,1-2H3/b19-17-,20-18-. The molecular formula is C43H82N2O5. The highest BCUT2D eigenvalue weighted by atomic mass is 16.3. The Kier molecular flexibility index (Phi) is 37.2. The molecule has 0 radical (unpaired) electrons. The zero-order valence-corrected chi connectivity index (χ0v) is 33.0. The predicted octanol–water partition coefficient (Wildman–Crippen LogP) is 10.1. The summed E-state index contributed by atoms with van der Waals surface area (Å²) in [5, 5.41) is 29.9. The smallest absolute Gasteiger partial charge is 0.222 e. The summed E-state index contributed by atoms with van der Waals surface area (Å²) in [6.07, 6.45) is 40.5. The Morgan fingerprint density at radius 3 is 1.04 bits per heavy atom. The highest BCUT2D eigenvalue weighted by molar-refractivity contribution is 5.77. The first-order chi connectivity index (χ1) is 24.5. The van der Waals surface area contributed by atoms with Crippen molar-refractivity contribution in [1.82, 2.24) is 9.80 Å². The molecule has 0 heterocycles.